The van der Waals surface area contributed by atoms with E-state index in [-0.39, 0.29) is 0 Å². The molecule has 2 aromatic rings. The lowest BCUT2D eigenvalue weighted by Gasteiger charge is -2.10. The molecule has 0 unspecified atom stereocenters. The molecule has 0 amide bonds. The van der Waals surface area contributed by atoms with Gasteiger partial charge in [-0.2, -0.15) is 0 Å². The lowest BCUT2D eigenvalue weighted by atomic mass is 10.1. The fourth-order valence-corrected chi connectivity index (χ4v) is 2.37. The third kappa shape index (κ3) is 1.91. The smallest absolute Gasteiger partial charge is 0.164 e. The molecule has 1 saturated carbocycles. The maximum Gasteiger partial charge on any atom is 0.164 e. The Hall–Kier alpha value is -1.39. The van der Waals surface area contributed by atoms with E-state index >= 15 is 0 Å². The summed E-state index contributed by atoms with van der Waals surface area (Å²) in [7, 11) is 0. The summed E-state index contributed by atoms with van der Waals surface area (Å²) in [6.07, 6.45) is 2.36. The van der Waals surface area contributed by atoms with Crippen LogP contribution in [0.3, 0.4) is 0 Å². The number of nitrogens with two attached hydrogens (primary N) is 1. The van der Waals surface area contributed by atoms with Gasteiger partial charge < -0.3 is 10.3 Å². The maximum atomic E-state index is 6.07. The minimum absolute atomic E-state index is 0.420. The summed E-state index contributed by atoms with van der Waals surface area (Å²) in [5.74, 6) is 1.74. The van der Waals surface area contributed by atoms with Crippen LogP contribution in [0.1, 0.15) is 30.3 Å². The number of halogens is 1. The topological polar surface area (TPSA) is 56.7 Å². The summed E-state index contributed by atoms with van der Waals surface area (Å²) >= 11 is 6.07. The monoisotopic (exact) mass is 262 g/mol. The highest BCUT2D eigenvalue weighted by molar-refractivity contribution is 6.30. The van der Waals surface area contributed by atoms with E-state index in [4.69, 9.17) is 17.3 Å². The number of hydrogen-bond donors (Lipinski definition) is 1. The second-order valence-electron chi connectivity index (χ2n) is 4.70. The standard InChI is InChI=1S/C13H15ClN4/c1-8-2-3-9(14)6-11(8)13-17-16-12(7-15)18(13)10-4-5-10/h2-3,6,10H,4-5,7,15H2,1H3. The van der Waals surface area contributed by atoms with Crippen molar-refractivity contribution in [1.29, 1.82) is 0 Å². The molecule has 1 heterocycles. The van der Waals surface area contributed by atoms with Crippen molar-refractivity contribution in [2.75, 3.05) is 0 Å². The third-order valence-electron chi connectivity index (χ3n) is 3.30. The first-order valence-corrected chi connectivity index (χ1v) is 6.49. The Bertz CT molecular complexity index is 587. The summed E-state index contributed by atoms with van der Waals surface area (Å²) in [5, 5.41) is 9.20. The number of nitrogens with zero attached hydrogens (tertiary/aromatic N) is 3. The summed E-state index contributed by atoms with van der Waals surface area (Å²) < 4.78 is 2.17. The molecular formula is C13H15ClN4. The van der Waals surface area contributed by atoms with Crippen molar-refractivity contribution in [3.05, 3.63) is 34.6 Å². The molecule has 1 aliphatic carbocycles. The van der Waals surface area contributed by atoms with Crippen LogP contribution >= 0.6 is 11.6 Å². The molecule has 1 fully saturated rings. The van der Waals surface area contributed by atoms with Gasteiger partial charge in [0.05, 0.1) is 6.54 Å². The quantitative estimate of drug-likeness (QED) is 0.925. The fourth-order valence-electron chi connectivity index (χ4n) is 2.20. The van der Waals surface area contributed by atoms with Crippen molar-refractivity contribution >= 4 is 11.6 Å². The van der Waals surface area contributed by atoms with E-state index in [2.05, 4.69) is 21.7 Å². The third-order valence-corrected chi connectivity index (χ3v) is 3.54. The van der Waals surface area contributed by atoms with Crippen LogP contribution in [0.15, 0.2) is 18.2 Å². The zero-order chi connectivity index (χ0) is 12.7. The van der Waals surface area contributed by atoms with Gasteiger partial charge in [-0.05, 0) is 37.5 Å². The molecule has 0 aliphatic heterocycles. The minimum atomic E-state index is 0.420. The molecule has 4 nitrogen and oxygen atoms in total. The van der Waals surface area contributed by atoms with Gasteiger partial charge in [0, 0.05) is 16.6 Å². The Labute approximate surface area is 111 Å². The van der Waals surface area contributed by atoms with Gasteiger partial charge in [-0.3, -0.25) is 0 Å². The van der Waals surface area contributed by atoms with Gasteiger partial charge in [-0.1, -0.05) is 17.7 Å². The molecule has 5 heteroatoms. The van der Waals surface area contributed by atoms with Crippen LogP contribution in [-0.4, -0.2) is 14.8 Å². The zero-order valence-corrected chi connectivity index (χ0v) is 11.0. The molecule has 0 radical (unpaired) electrons. The van der Waals surface area contributed by atoms with Crippen molar-refractivity contribution in [3.63, 3.8) is 0 Å². The van der Waals surface area contributed by atoms with Gasteiger partial charge in [0.25, 0.3) is 0 Å². The van der Waals surface area contributed by atoms with Crippen molar-refractivity contribution in [2.45, 2.75) is 32.4 Å². The average Bonchev–Trinajstić information content (AvgIpc) is 3.12. The molecule has 2 N–H and O–H groups in total. The highest BCUT2D eigenvalue weighted by atomic mass is 35.5. The maximum absolute atomic E-state index is 6.07. The molecule has 3 rings (SSSR count). The van der Waals surface area contributed by atoms with Gasteiger partial charge in [-0.25, -0.2) is 0 Å². The van der Waals surface area contributed by atoms with Crippen molar-refractivity contribution in [2.24, 2.45) is 5.73 Å². The van der Waals surface area contributed by atoms with Gasteiger partial charge in [0.2, 0.25) is 0 Å². The van der Waals surface area contributed by atoms with Gasteiger partial charge >= 0.3 is 0 Å². The summed E-state index contributed by atoms with van der Waals surface area (Å²) in [6, 6.07) is 6.35. The van der Waals surface area contributed by atoms with E-state index in [9.17, 15) is 0 Å². The van der Waals surface area contributed by atoms with Crippen LogP contribution < -0.4 is 5.73 Å². The van der Waals surface area contributed by atoms with E-state index in [0.717, 1.165) is 27.8 Å². The summed E-state index contributed by atoms with van der Waals surface area (Å²) in [6.45, 7) is 2.48. The SMILES string of the molecule is Cc1ccc(Cl)cc1-c1nnc(CN)n1C1CC1. The Morgan fingerprint density at radius 3 is 2.83 bits per heavy atom. The van der Waals surface area contributed by atoms with Gasteiger partial charge in [-0.15, -0.1) is 10.2 Å². The van der Waals surface area contributed by atoms with Crippen LogP contribution in [0.5, 0.6) is 0 Å². The van der Waals surface area contributed by atoms with Gasteiger partial charge in [0.15, 0.2) is 5.82 Å². The second-order valence-corrected chi connectivity index (χ2v) is 5.14. The number of benzene rings is 1. The lowest BCUT2D eigenvalue weighted by molar-refractivity contribution is 0.687. The first-order chi connectivity index (χ1) is 8.70. The van der Waals surface area contributed by atoms with Crippen LogP contribution in [0.25, 0.3) is 11.4 Å². The van der Waals surface area contributed by atoms with E-state index < -0.39 is 0 Å². The Morgan fingerprint density at radius 2 is 2.17 bits per heavy atom. The van der Waals surface area contributed by atoms with Crippen LogP contribution in [-0.2, 0) is 6.54 Å². The minimum Gasteiger partial charge on any atom is -0.324 e. The summed E-state index contributed by atoms with van der Waals surface area (Å²) in [5.41, 5.74) is 7.92. The number of aromatic nitrogens is 3. The number of aryl methyl sites for hydroxylation is 1. The van der Waals surface area contributed by atoms with Crippen LogP contribution in [0.2, 0.25) is 5.02 Å². The molecule has 1 aliphatic rings. The number of hydrogen-bond acceptors (Lipinski definition) is 3. The second kappa shape index (κ2) is 4.37. The highest BCUT2D eigenvalue weighted by Crippen LogP contribution is 2.39. The van der Waals surface area contributed by atoms with E-state index in [0.29, 0.717) is 12.6 Å². The average molecular weight is 263 g/mol. The summed E-state index contributed by atoms with van der Waals surface area (Å²) in [4.78, 5) is 0. The highest BCUT2D eigenvalue weighted by Gasteiger charge is 2.29. The molecular weight excluding hydrogens is 248 g/mol. The normalized spacial score (nSPS) is 15.1. The predicted molar refractivity (Wildman–Crippen MR) is 71.4 cm³/mol. The lowest BCUT2D eigenvalue weighted by Crippen LogP contribution is -2.08. The molecule has 18 heavy (non-hydrogen) atoms. The van der Waals surface area contributed by atoms with Crippen molar-refractivity contribution < 1.29 is 0 Å². The fraction of sp³-hybridized carbons (Fsp3) is 0.385. The van der Waals surface area contributed by atoms with E-state index in [1.807, 2.05) is 18.2 Å². The Kier molecular flexibility index (Phi) is 2.84. The van der Waals surface area contributed by atoms with E-state index in [1.165, 1.54) is 12.8 Å². The largest absolute Gasteiger partial charge is 0.324 e. The van der Waals surface area contributed by atoms with Crippen molar-refractivity contribution in [1.82, 2.24) is 14.8 Å². The first-order valence-electron chi connectivity index (χ1n) is 6.11. The molecule has 0 saturated heterocycles. The van der Waals surface area contributed by atoms with Crippen LogP contribution in [0, 0.1) is 6.92 Å². The Morgan fingerprint density at radius 1 is 1.39 bits per heavy atom. The molecule has 1 aromatic heterocycles. The molecule has 94 valence electrons. The zero-order valence-electron chi connectivity index (χ0n) is 10.2. The first kappa shape index (κ1) is 11.7. The van der Waals surface area contributed by atoms with E-state index in [1.54, 1.807) is 0 Å². The predicted octanol–water partition coefficient (Wildman–Crippen LogP) is 2.70. The number of rotatable bonds is 3. The molecule has 1 aromatic carbocycles. The van der Waals surface area contributed by atoms with Crippen molar-refractivity contribution in [3.8, 4) is 11.4 Å². The molecule has 0 spiro atoms. The molecule has 0 bridgehead atoms. The van der Waals surface area contributed by atoms with Gasteiger partial charge in [0.1, 0.15) is 5.82 Å². The van der Waals surface area contributed by atoms with Crippen LogP contribution in [0.4, 0.5) is 0 Å². The Balaban J connectivity index is 2.16. The molecule has 0 atom stereocenters.